The van der Waals surface area contributed by atoms with Crippen LogP contribution in [-0.2, 0) is 9.59 Å². The predicted octanol–water partition coefficient (Wildman–Crippen LogP) is 1.46. The van der Waals surface area contributed by atoms with Crippen molar-refractivity contribution >= 4 is 22.8 Å². The fourth-order valence-corrected chi connectivity index (χ4v) is 2.73. The molecule has 27 heavy (non-hydrogen) atoms. The summed E-state index contributed by atoms with van der Waals surface area (Å²) < 4.78 is 10.9. The molecule has 0 aliphatic carbocycles. The number of ether oxygens (including phenoxy) is 1. The Balaban J connectivity index is 2.16. The van der Waals surface area contributed by atoms with Gasteiger partial charge in [-0.2, -0.15) is 0 Å². The normalized spacial score (nSPS) is 13.4. The summed E-state index contributed by atoms with van der Waals surface area (Å²) in [5.74, 6) is -1.47. The van der Waals surface area contributed by atoms with Gasteiger partial charge in [-0.3, -0.25) is 4.79 Å². The van der Waals surface area contributed by atoms with E-state index in [0.717, 1.165) is 10.9 Å². The number of nitrogens with one attached hydrogen (secondary N) is 1. The average Bonchev–Trinajstić information content (AvgIpc) is 2.58. The summed E-state index contributed by atoms with van der Waals surface area (Å²) in [6.45, 7) is 8.75. The Kier molecular flexibility index (Phi) is 6.25. The van der Waals surface area contributed by atoms with Gasteiger partial charge in [0.2, 0.25) is 0 Å². The van der Waals surface area contributed by atoms with Crippen LogP contribution in [0.2, 0.25) is 0 Å². The van der Waals surface area contributed by atoms with Crippen LogP contribution in [0.4, 0.5) is 0 Å². The molecule has 2 aromatic rings. The molecule has 1 amide bonds. The predicted molar refractivity (Wildman–Crippen MR) is 98.4 cm³/mol. The van der Waals surface area contributed by atoms with Gasteiger partial charge in [-0.05, 0) is 50.8 Å². The van der Waals surface area contributed by atoms with Gasteiger partial charge in [-0.1, -0.05) is 13.8 Å². The number of carboxylic acids is 1. The third-order valence-electron chi connectivity index (χ3n) is 4.42. The zero-order valence-corrected chi connectivity index (χ0v) is 16.1. The van der Waals surface area contributed by atoms with Crippen molar-refractivity contribution in [1.82, 2.24) is 5.32 Å². The minimum atomic E-state index is -1.33. The first-order valence-corrected chi connectivity index (χ1v) is 8.82. The van der Waals surface area contributed by atoms with Crippen LogP contribution in [0.15, 0.2) is 27.4 Å². The van der Waals surface area contributed by atoms with Crippen LogP contribution in [0, 0.1) is 19.8 Å². The van der Waals surface area contributed by atoms with Crippen LogP contribution in [0.5, 0.6) is 5.75 Å². The van der Waals surface area contributed by atoms with Gasteiger partial charge in [0.15, 0.2) is 6.10 Å². The zero-order chi connectivity index (χ0) is 20.3. The van der Waals surface area contributed by atoms with Crippen molar-refractivity contribution in [3.05, 3.63) is 39.7 Å². The molecule has 146 valence electrons. The van der Waals surface area contributed by atoms with Crippen LogP contribution in [-0.4, -0.2) is 24.0 Å². The maximum atomic E-state index is 12.3. The molecule has 0 aliphatic heterocycles. The van der Waals surface area contributed by atoms with E-state index in [2.05, 4.69) is 5.32 Å². The van der Waals surface area contributed by atoms with Crippen molar-refractivity contribution < 1.29 is 23.8 Å². The lowest BCUT2D eigenvalue weighted by molar-refractivity contribution is -0.308. The van der Waals surface area contributed by atoms with Gasteiger partial charge in [0.25, 0.3) is 5.91 Å². The molecule has 7 heteroatoms. The second kappa shape index (κ2) is 8.24. The van der Waals surface area contributed by atoms with Crippen LogP contribution >= 0.6 is 0 Å². The molecular weight excluding hydrogens is 350 g/mol. The molecule has 0 saturated carbocycles. The number of aliphatic carboxylic acids is 1. The largest absolute Gasteiger partial charge is 0.548 e. The minimum absolute atomic E-state index is 0.0829. The lowest BCUT2D eigenvalue weighted by atomic mass is 10.0. The first kappa shape index (κ1) is 20.5. The molecule has 0 radical (unpaired) electrons. The number of carbonyl (C=O) groups is 2. The summed E-state index contributed by atoms with van der Waals surface area (Å²) in [6.07, 6.45) is -0.671. The Morgan fingerprint density at radius 2 is 1.85 bits per heavy atom. The summed E-state index contributed by atoms with van der Waals surface area (Å²) in [4.78, 5) is 35.3. The Morgan fingerprint density at radius 1 is 1.19 bits per heavy atom. The number of amides is 1. The fraction of sp³-hybridized carbons (Fsp3) is 0.450. The molecule has 1 heterocycles. The van der Waals surface area contributed by atoms with E-state index in [4.69, 9.17) is 9.15 Å². The molecule has 0 saturated heterocycles. The fourth-order valence-electron chi connectivity index (χ4n) is 2.73. The van der Waals surface area contributed by atoms with Crippen LogP contribution < -0.4 is 20.8 Å². The van der Waals surface area contributed by atoms with E-state index in [1.807, 2.05) is 20.8 Å². The van der Waals surface area contributed by atoms with Crippen LogP contribution in [0.1, 0.15) is 38.3 Å². The molecule has 0 bridgehead atoms. The standard InChI is InChI=1S/C20H25NO6/c1-10(2)8-16(19(23)24)21-18(22)13(5)26-14-6-7-15-11(3)12(4)20(25)27-17(15)9-14/h6-7,9-10,13,16H,8H2,1-5H3,(H,21,22)(H,23,24)/p-1/t13-,16+/m1/s1. The maximum Gasteiger partial charge on any atom is 0.339 e. The van der Waals surface area contributed by atoms with Crippen molar-refractivity contribution in [2.24, 2.45) is 5.92 Å². The van der Waals surface area contributed by atoms with Crippen LogP contribution in [0.25, 0.3) is 11.0 Å². The molecular formula is C20H24NO6-. The van der Waals surface area contributed by atoms with Gasteiger partial charge in [0.1, 0.15) is 11.3 Å². The molecule has 0 unspecified atom stereocenters. The molecule has 0 spiro atoms. The third kappa shape index (κ3) is 4.87. The Labute approximate surface area is 157 Å². The van der Waals surface area contributed by atoms with Gasteiger partial charge in [-0.15, -0.1) is 0 Å². The molecule has 1 aromatic heterocycles. The van der Waals surface area contributed by atoms with Crippen molar-refractivity contribution in [3.8, 4) is 5.75 Å². The summed E-state index contributed by atoms with van der Waals surface area (Å²) >= 11 is 0. The topological polar surface area (TPSA) is 109 Å². The number of carbonyl (C=O) groups excluding carboxylic acids is 2. The van der Waals surface area contributed by atoms with E-state index in [-0.39, 0.29) is 12.3 Å². The smallest absolute Gasteiger partial charge is 0.339 e. The van der Waals surface area contributed by atoms with E-state index >= 15 is 0 Å². The number of rotatable bonds is 7. The van der Waals surface area contributed by atoms with Gasteiger partial charge >= 0.3 is 5.63 Å². The number of carboxylic acid groups (broad SMARTS) is 1. The Hall–Kier alpha value is -2.83. The second-order valence-electron chi connectivity index (χ2n) is 7.07. The zero-order valence-electron chi connectivity index (χ0n) is 16.1. The van der Waals surface area contributed by atoms with E-state index in [9.17, 15) is 19.5 Å². The highest BCUT2D eigenvalue weighted by Crippen LogP contribution is 2.24. The van der Waals surface area contributed by atoms with Gasteiger partial charge in [-0.25, -0.2) is 4.79 Å². The molecule has 1 N–H and O–H groups in total. The molecule has 0 fully saturated rings. The van der Waals surface area contributed by atoms with E-state index < -0.39 is 29.6 Å². The van der Waals surface area contributed by atoms with Crippen molar-refractivity contribution in [1.29, 1.82) is 0 Å². The lowest BCUT2D eigenvalue weighted by Gasteiger charge is -2.23. The highest BCUT2D eigenvalue weighted by atomic mass is 16.5. The molecule has 0 aliphatic rings. The van der Waals surface area contributed by atoms with Gasteiger partial charge < -0.3 is 24.4 Å². The number of aryl methyl sites for hydroxylation is 1. The van der Waals surface area contributed by atoms with Crippen LogP contribution in [0.3, 0.4) is 0 Å². The maximum absolute atomic E-state index is 12.3. The quantitative estimate of drug-likeness (QED) is 0.735. The van der Waals surface area contributed by atoms with Gasteiger partial charge in [0, 0.05) is 17.0 Å². The van der Waals surface area contributed by atoms with E-state index in [1.54, 1.807) is 19.1 Å². The Morgan fingerprint density at radius 3 is 2.44 bits per heavy atom. The van der Waals surface area contributed by atoms with E-state index in [1.165, 1.54) is 13.0 Å². The van der Waals surface area contributed by atoms with Gasteiger partial charge in [0.05, 0.1) is 12.0 Å². The second-order valence-corrected chi connectivity index (χ2v) is 7.07. The average molecular weight is 374 g/mol. The summed E-state index contributed by atoms with van der Waals surface area (Å²) in [5, 5.41) is 14.4. The monoisotopic (exact) mass is 374 g/mol. The first-order chi connectivity index (χ1) is 12.6. The number of fused-ring (bicyclic) bond motifs is 1. The third-order valence-corrected chi connectivity index (χ3v) is 4.42. The highest BCUT2D eigenvalue weighted by Gasteiger charge is 2.21. The molecule has 1 aromatic carbocycles. The van der Waals surface area contributed by atoms with Crippen molar-refractivity contribution in [2.75, 3.05) is 0 Å². The summed E-state index contributed by atoms with van der Waals surface area (Å²) in [7, 11) is 0. The van der Waals surface area contributed by atoms with Crippen molar-refractivity contribution in [2.45, 2.75) is 53.2 Å². The number of hydrogen-bond acceptors (Lipinski definition) is 6. The molecule has 2 rings (SSSR count). The SMILES string of the molecule is Cc1c(C)c2ccc(O[C@H](C)C(=O)N[C@@H](CC(C)C)C(=O)[O-])cc2oc1=O. The lowest BCUT2D eigenvalue weighted by Crippen LogP contribution is -2.51. The summed E-state index contributed by atoms with van der Waals surface area (Å²) in [5.41, 5.74) is 1.31. The Bertz CT molecular complexity index is 915. The summed E-state index contributed by atoms with van der Waals surface area (Å²) in [6, 6.07) is 3.88. The van der Waals surface area contributed by atoms with Crippen molar-refractivity contribution in [3.63, 3.8) is 0 Å². The minimum Gasteiger partial charge on any atom is -0.548 e. The highest BCUT2D eigenvalue weighted by molar-refractivity contribution is 5.86. The first-order valence-electron chi connectivity index (χ1n) is 8.82. The van der Waals surface area contributed by atoms with E-state index in [0.29, 0.717) is 16.9 Å². The molecule has 7 nitrogen and oxygen atoms in total. The number of hydrogen-bond donors (Lipinski definition) is 1. The number of benzene rings is 1. The molecule has 2 atom stereocenters.